The smallest absolute Gasteiger partial charge is 0.223 e. The molecule has 0 heterocycles. The summed E-state index contributed by atoms with van der Waals surface area (Å²) < 4.78 is 0. The molecule has 2 atom stereocenters. The maximum atomic E-state index is 11.6. The Morgan fingerprint density at radius 3 is 2.92 bits per heavy atom. The lowest BCUT2D eigenvalue weighted by molar-refractivity contribution is -0.125. The molecule has 0 aromatic heterocycles. The van der Waals surface area contributed by atoms with Gasteiger partial charge >= 0.3 is 0 Å². The molecular formula is C10H20N2O. The molecule has 13 heavy (non-hydrogen) atoms. The van der Waals surface area contributed by atoms with Gasteiger partial charge in [-0.25, -0.2) is 0 Å². The molecule has 1 saturated carbocycles. The highest BCUT2D eigenvalue weighted by Crippen LogP contribution is 2.30. The van der Waals surface area contributed by atoms with Crippen LogP contribution in [0, 0.1) is 11.8 Å². The summed E-state index contributed by atoms with van der Waals surface area (Å²) in [5.41, 5.74) is 5.61. The summed E-state index contributed by atoms with van der Waals surface area (Å²) in [5.74, 6) is 0.836. The summed E-state index contributed by atoms with van der Waals surface area (Å²) in [5, 5.41) is 2.94. The molecule has 1 fully saturated rings. The van der Waals surface area contributed by atoms with Crippen LogP contribution in [-0.4, -0.2) is 19.0 Å². The van der Waals surface area contributed by atoms with Crippen LogP contribution in [-0.2, 0) is 4.79 Å². The Hall–Kier alpha value is -0.570. The lowest BCUT2D eigenvalue weighted by atomic mass is 9.95. The molecule has 3 nitrogen and oxygen atoms in total. The zero-order chi connectivity index (χ0) is 9.68. The first-order valence-electron chi connectivity index (χ1n) is 5.27. The Balaban J connectivity index is 2.36. The van der Waals surface area contributed by atoms with Gasteiger partial charge in [0.1, 0.15) is 0 Å². The van der Waals surface area contributed by atoms with E-state index >= 15 is 0 Å². The number of amides is 1. The molecule has 1 rings (SSSR count). The second kappa shape index (κ2) is 5.22. The molecule has 0 spiro atoms. The molecule has 0 aromatic carbocycles. The van der Waals surface area contributed by atoms with Gasteiger partial charge in [-0.05, 0) is 31.7 Å². The molecule has 1 aliphatic carbocycles. The number of carbonyl (C=O) groups is 1. The van der Waals surface area contributed by atoms with Crippen molar-refractivity contribution in [2.24, 2.45) is 17.6 Å². The van der Waals surface area contributed by atoms with Crippen LogP contribution in [0.2, 0.25) is 0 Å². The van der Waals surface area contributed by atoms with Crippen LogP contribution in [0.15, 0.2) is 0 Å². The Kier molecular flexibility index (Phi) is 4.22. The zero-order valence-corrected chi connectivity index (χ0v) is 8.38. The van der Waals surface area contributed by atoms with E-state index in [0.717, 1.165) is 32.2 Å². The maximum absolute atomic E-state index is 11.6. The van der Waals surface area contributed by atoms with Crippen molar-refractivity contribution in [1.82, 2.24) is 5.32 Å². The van der Waals surface area contributed by atoms with E-state index in [1.54, 1.807) is 0 Å². The third kappa shape index (κ3) is 2.69. The minimum atomic E-state index is 0.191. The molecule has 3 N–H and O–H groups in total. The van der Waals surface area contributed by atoms with E-state index < -0.39 is 0 Å². The van der Waals surface area contributed by atoms with E-state index in [4.69, 9.17) is 5.73 Å². The SMILES string of the molecule is CCCNC(=O)C1CCCC1CN. The molecule has 1 aliphatic rings. The molecule has 0 saturated heterocycles. The minimum absolute atomic E-state index is 0.191. The molecule has 0 radical (unpaired) electrons. The number of nitrogens with one attached hydrogen (secondary N) is 1. The zero-order valence-electron chi connectivity index (χ0n) is 8.38. The van der Waals surface area contributed by atoms with Gasteiger partial charge in [-0.1, -0.05) is 13.3 Å². The van der Waals surface area contributed by atoms with Crippen LogP contribution in [0.1, 0.15) is 32.6 Å². The number of nitrogens with two attached hydrogens (primary N) is 1. The minimum Gasteiger partial charge on any atom is -0.356 e. The van der Waals surface area contributed by atoms with E-state index in [-0.39, 0.29) is 11.8 Å². The van der Waals surface area contributed by atoms with E-state index in [0.29, 0.717) is 12.5 Å². The predicted molar refractivity (Wildman–Crippen MR) is 53.2 cm³/mol. The van der Waals surface area contributed by atoms with Crippen LogP contribution in [0.5, 0.6) is 0 Å². The fourth-order valence-electron chi connectivity index (χ4n) is 2.04. The van der Waals surface area contributed by atoms with Gasteiger partial charge in [-0.15, -0.1) is 0 Å². The first-order valence-corrected chi connectivity index (χ1v) is 5.27. The van der Waals surface area contributed by atoms with Gasteiger partial charge in [-0.2, -0.15) is 0 Å². The van der Waals surface area contributed by atoms with E-state index in [1.807, 2.05) is 0 Å². The number of carbonyl (C=O) groups excluding carboxylic acids is 1. The summed E-state index contributed by atoms with van der Waals surface area (Å²) in [6.07, 6.45) is 4.32. The van der Waals surface area contributed by atoms with Crippen molar-refractivity contribution in [3.05, 3.63) is 0 Å². The van der Waals surface area contributed by atoms with Crippen molar-refractivity contribution in [3.63, 3.8) is 0 Å². The molecule has 1 amide bonds. The normalized spacial score (nSPS) is 27.5. The highest BCUT2D eigenvalue weighted by molar-refractivity contribution is 5.79. The summed E-state index contributed by atoms with van der Waals surface area (Å²) in [6.45, 7) is 3.52. The van der Waals surface area contributed by atoms with Crippen LogP contribution >= 0.6 is 0 Å². The lowest BCUT2D eigenvalue weighted by Gasteiger charge is -2.16. The number of rotatable bonds is 4. The van der Waals surface area contributed by atoms with Crippen LogP contribution in [0.25, 0.3) is 0 Å². The van der Waals surface area contributed by atoms with Gasteiger partial charge in [0.25, 0.3) is 0 Å². The van der Waals surface area contributed by atoms with Crippen molar-refractivity contribution < 1.29 is 4.79 Å². The van der Waals surface area contributed by atoms with Gasteiger partial charge in [0, 0.05) is 12.5 Å². The Morgan fingerprint density at radius 1 is 1.54 bits per heavy atom. The van der Waals surface area contributed by atoms with Gasteiger partial charge < -0.3 is 11.1 Å². The van der Waals surface area contributed by atoms with E-state index in [1.165, 1.54) is 0 Å². The number of hydrogen-bond acceptors (Lipinski definition) is 2. The second-order valence-electron chi connectivity index (χ2n) is 3.82. The van der Waals surface area contributed by atoms with Crippen molar-refractivity contribution in [2.45, 2.75) is 32.6 Å². The van der Waals surface area contributed by atoms with Crippen molar-refractivity contribution >= 4 is 5.91 Å². The molecule has 3 heteroatoms. The van der Waals surface area contributed by atoms with Crippen LogP contribution in [0.3, 0.4) is 0 Å². The molecule has 2 unspecified atom stereocenters. The van der Waals surface area contributed by atoms with E-state index in [2.05, 4.69) is 12.2 Å². The van der Waals surface area contributed by atoms with Crippen LogP contribution < -0.4 is 11.1 Å². The van der Waals surface area contributed by atoms with Crippen molar-refractivity contribution in [3.8, 4) is 0 Å². The average molecular weight is 184 g/mol. The lowest BCUT2D eigenvalue weighted by Crippen LogP contribution is -2.35. The van der Waals surface area contributed by atoms with Gasteiger partial charge in [0.2, 0.25) is 5.91 Å². The van der Waals surface area contributed by atoms with E-state index in [9.17, 15) is 4.79 Å². The number of hydrogen-bond donors (Lipinski definition) is 2. The topological polar surface area (TPSA) is 55.1 Å². The molecule has 0 aromatic rings. The first-order chi connectivity index (χ1) is 6.29. The third-order valence-electron chi connectivity index (χ3n) is 2.85. The Labute approximate surface area is 80.1 Å². The predicted octanol–water partition coefficient (Wildman–Crippen LogP) is 0.888. The summed E-state index contributed by atoms with van der Waals surface area (Å²) in [4.78, 5) is 11.6. The van der Waals surface area contributed by atoms with Gasteiger partial charge in [0.05, 0.1) is 0 Å². The van der Waals surface area contributed by atoms with Crippen LogP contribution in [0.4, 0.5) is 0 Å². The molecule has 0 aliphatic heterocycles. The summed E-state index contributed by atoms with van der Waals surface area (Å²) in [7, 11) is 0. The maximum Gasteiger partial charge on any atom is 0.223 e. The van der Waals surface area contributed by atoms with Gasteiger partial charge in [0.15, 0.2) is 0 Å². The Bertz CT molecular complexity index is 170. The standard InChI is InChI=1S/C10H20N2O/c1-2-6-12-10(13)9-5-3-4-8(9)7-11/h8-9H,2-7,11H2,1H3,(H,12,13). The summed E-state index contributed by atoms with van der Waals surface area (Å²) in [6, 6.07) is 0. The average Bonchev–Trinajstić information content (AvgIpc) is 2.61. The molecule has 76 valence electrons. The fraction of sp³-hybridized carbons (Fsp3) is 0.900. The highest BCUT2D eigenvalue weighted by Gasteiger charge is 2.31. The highest BCUT2D eigenvalue weighted by atomic mass is 16.1. The molecular weight excluding hydrogens is 164 g/mol. The molecule has 0 bridgehead atoms. The Morgan fingerprint density at radius 2 is 2.31 bits per heavy atom. The quantitative estimate of drug-likeness (QED) is 0.681. The van der Waals surface area contributed by atoms with Gasteiger partial charge in [-0.3, -0.25) is 4.79 Å². The van der Waals surface area contributed by atoms with Crippen molar-refractivity contribution in [1.29, 1.82) is 0 Å². The largest absolute Gasteiger partial charge is 0.356 e. The summed E-state index contributed by atoms with van der Waals surface area (Å²) >= 11 is 0. The first kappa shape index (κ1) is 10.5. The second-order valence-corrected chi connectivity index (χ2v) is 3.82. The fourth-order valence-corrected chi connectivity index (χ4v) is 2.04. The third-order valence-corrected chi connectivity index (χ3v) is 2.85. The van der Waals surface area contributed by atoms with Crippen molar-refractivity contribution in [2.75, 3.05) is 13.1 Å². The monoisotopic (exact) mass is 184 g/mol.